The summed E-state index contributed by atoms with van der Waals surface area (Å²) in [7, 11) is 3.89. The fourth-order valence-electron chi connectivity index (χ4n) is 1.74. The van der Waals surface area contributed by atoms with Crippen LogP contribution in [-0.2, 0) is 13.1 Å². The van der Waals surface area contributed by atoms with Crippen LogP contribution >= 0.6 is 11.6 Å². The highest BCUT2D eigenvalue weighted by Gasteiger charge is 2.08. The maximum atomic E-state index is 6.09. The van der Waals surface area contributed by atoms with Gasteiger partial charge in [0.2, 0.25) is 0 Å². The van der Waals surface area contributed by atoms with E-state index >= 15 is 0 Å². The summed E-state index contributed by atoms with van der Waals surface area (Å²) in [6, 6.07) is 3.94. The molecule has 0 atom stereocenters. The van der Waals surface area contributed by atoms with Gasteiger partial charge in [-0.2, -0.15) is 0 Å². The summed E-state index contributed by atoms with van der Waals surface area (Å²) < 4.78 is 5.05. The SMILES string of the molecule is CNCc1cc(N(C)Cc2ccoc2)ncc1Cl. The first-order valence-corrected chi connectivity index (χ1v) is 6.09. The molecule has 18 heavy (non-hydrogen) atoms. The molecular formula is C13H16ClN3O. The first-order chi connectivity index (χ1) is 8.70. The van der Waals surface area contributed by atoms with Crippen LogP contribution in [0.15, 0.2) is 35.3 Å². The van der Waals surface area contributed by atoms with Crippen molar-refractivity contribution in [2.75, 3.05) is 19.0 Å². The number of halogens is 1. The third kappa shape index (κ3) is 3.03. The number of hydrogen-bond donors (Lipinski definition) is 1. The van der Waals surface area contributed by atoms with E-state index in [4.69, 9.17) is 16.0 Å². The molecule has 0 radical (unpaired) electrons. The minimum Gasteiger partial charge on any atom is -0.472 e. The molecule has 2 aromatic rings. The van der Waals surface area contributed by atoms with Crippen LogP contribution in [-0.4, -0.2) is 19.1 Å². The van der Waals surface area contributed by atoms with Gasteiger partial charge in [0, 0.05) is 31.9 Å². The van der Waals surface area contributed by atoms with Gasteiger partial charge < -0.3 is 14.6 Å². The Morgan fingerprint density at radius 3 is 3.00 bits per heavy atom. The lowest BCUT2D eigenvalue weighted by Crippen LogP contribution is -2.18. The standard InChI is InChI=1S/C13H16ClN3O/c1-15-6-11-5-13(16-7-12(11)14)17(2)8-10-3-4-18-9-10/h3-5,7,9,15H,6,8H2,1-2H3. The van der Waals surface area contributed by atoms with Crippen LogP contribution in [0.4, 0.5) is 5.82 Å². The molecule has 2 aromatic heterocycles. The average Bonchev–Trinajstić information content (AvgIpc) is 2.85. The first-order valence-electron chi connectivity index (χ1n) is 5.72. The van der Waals surface area contributed by atoms with Gasteiger partial charge in [0.15, 0.2) is 0 Å². The Kier molecular flexibility index (Phi) is 4.23. The van der Waals surface area contributed by atoms with Crippen LogP contribution in [0.1, 0.15) is 11.1 Å². The Balaban J connectivity index is 2.14. The van der Waals surface area contributed by atoms with E-state index < -0.39 is 0 Å². The minimum absolute atomic E-state index is 0.685. The number of anilines is 1. The molecule has 4 nitrogen and oxygen atoms in total. The highest BCUT2D eigenvalue weighted by atomic mass is 35.5. The van der Waals surface area contributed by atoms with Crippen LogP contribution in [0.3, 0.4) is 0 Å². The van der Waals surface area contributed by atoms with Gasteiger partial charge in [0.05, 0.1) is 17.5 Å². The Labute approximate surface area is 112 Å². The molecular weight excluding hydrogens is 250 g/mol. The number of pyridine rings is 1. The van der Waals surface area contributed by atoms with E-state index in [1.54, 1.807) is 18.7 Å². The molecule has 0 saturated carbocycles. The summed E-state index contributed by atoms with van der Waals surface area (Å²) in [6.45, 7) is 1.48. The summed E-state index contributed by atoms with van der Waals surface area (Å²) in [5.74, 6) is 0.894. The Hall–Kier alpha value is -1.52. The Bertz CT molecular complexity index is 499. The molecule has 96 valence electrons. The van der Waals surface area contributed by atoms with E-state index in [0.29, 0.717) is 5.02 Å². The zero-order valence-corrected chi connectivity index (χ0v) is 11.2. The van der Waals surface area contributed by atoms with Crippen molar-refractivity contribution in [1.29, 1.82) is 0 Å². The Morgan fingerprint density at radius 2 is 2.33 bits per heavy atom. The second-order valence-electron chi connectivity index (χ2n) is 4.15. The van der Waals surface area contributed by atoms with Crippen molar-refractivity contribution in [1.82, 2.24) is 10.3 Å². The first kappa shape index (κ1) is 12.9. The maximum Gasteiger partial charge on any atom is 0.128 e. The predicted octanol–water partition coefficient (Wildman–Crippen LogP) is 2.68. The summed E-state index contributed by atoms with van der Waals surface area (Å²) >= 11 is 6.09. The van der Waals surface area contributed by atoms with Gasteiger partial charge >= 0.3 is 0 Å². The van der Waals surface area contributed by atoms with E-state index in [0.717, 1.165) is 30.0 Å². The predicted molar refractivity (Wildman–Crippen MR) is 72.8 cm³/mol. The van der Waals surface area contributed by atoms with Gasteiger partial charge in [-0.3, -0.25) is 0 Å². The van der Waals surface area contributed by atoms with Crippen LogP contribution in [0.2, 0.25) is 5.02 Å². The van der Waals surface area contributed by atoms with E-state index in [1.165, 1.54) is 0 Å². The molecule has 0 saturated heterocycles. The molecule has 0 aromatic carbocycles. The summed E-state index contributed by atoms with van der Waals surface area (Å²) in [5, 5.41) is 3.78. The third-order valence-corrected chi connectivity index (χ3v) is 3.02. The fourth-order valence-corrected chi connectivity index (χ4v) is 1.91. The highest BCUT2D eigenvalue weighted by Crippen LogP contribution is 2.20. The van der Waals surface area contributed by atoms with Gasteiger partial charge in [-0.25, -0.2) is 4.98 Å². The molecule has 0 bridgehead atoms. The largest absolute Gasteiger partial charge is 0.472 e. The molecule has 0 aliphatic carbocycles. The molecule has 5 heteroatoms. The molecule has 0 aliphatic rings. The van der Waals surface area contributed by atoms with Gasteiger partial charge in [-0.15, -0.1) is 0 Å². The number of nitrogens with zero attached hydrogens (tertiary/aromatic N) is 2. The highest BCUT2D eigenvalue weighted by molar-refractivity contribution is 6.31. The van der Waals surface area contributed by atoms with Crippen molar-refractivity contribution < 1.29 is 4.42 Å². The summed E-state index contributed by atoms with van der Waals surface area (Å²) in [6.07, 6.45) is 5.10. The minimum atomic E-state index is 0.685. The van der Waals surface area contributed by atoms with E-state index in [1.807, 2.05) is 26.2 Å². The molecule has 2 heterocycles. The molecule has 0 unspecified atom stereocenters. The molecule has 0 amide bonds. The number of furan rings is 1. The summed E-state index contributed by atoms with van der Waals surface area (Å²) in [4.78, 5) is 6.39. The molecule has 0 aliphatic heterocycles. The van der Waals surface area contributed by atoms with E-state index in [2.05, 4.69) is 15.2 Å². The molecule has 1 N–H and O–H groups in total. The summed E-state index contributed by atoms with van der Waals surface area (Å²) in [5.41, 5.74) is 2.16. The Morgan fingerprint density at radius 1 is 1.50 bits per heavy atom. The van der Waals surface area contributed by atoms with Crippen molar-refractivity contribution >= 4 is 17.4 Å². The number of nitrogens with one attached hydrogen (secondary N) is 1. The molecule has 2 rings (SSSR count). The average molecular weight is 266 g/mol. The van der Waals surface area contributed by atoms with Crippen molar-refractivity contribution in [2.45, 2.75) is 13.1 Å². The van der Waals surface area contributed by atoms with Gasteiger partial charge in [-0.1, -0.05) is 11.6 Å². The van der Waals surface area contributed by atoms with Crippen molar-refractivity contribution in [3.63, 3.8) is 0 Å². The van der Waals surface area contributed by atoms with E-state index in [9.17, 15) is 0 Å². The van der Waals surface area contributed by atoms with E-state index in [-0.39, 0.29) is 0 Å². The van der Waals surface area contributed by atoms with Crippen molar-refractivity contribution in [3.8, 4) is 0 Å². The van der Waals surface area contributed by atoms with Gasteiger partial charge in [-0.05, 0) is 24.7 Å². The number of aromatic nitrogens is 1. The molecule has 0 spiro atoms. The van der Waals surface area contributed by atoms with Gasteiger partial charge in [0.1, 0.15) is 5.82 Å². The van der Waals surface area contributed by atoms with Crippen molar-refractivity contribution in [2.24, 2.45) is 0 Å². The quantitative estimate of drug-likeness (QED) is 0.903. The lowest BCUT2D eigenvalue weighted by molar-refractivity contribution is 0.563. The van der Waals surface area contributed by atoms with Crippen LogP contribution in [0, 0.1) is 0 Å². The van der Waals surface area contributed by atoms with Crippen molar-refractivity contribution in [3.05, 3.63) is 47.0 Å². The fraction of sp³-hybridized carbons (Fsp3) is 0.308. The normalized spacial score (nSPS) is 10.6. The lowest BCUT2D eigenvalue weighted by Gasteiger charge is -2.18. The monoisotopic (exact) mass is 265 g/mol. The molecule has 0 fully saturated rings. The zero-order valence-electron chi connectivity index (χ0n) is 10.5. The number of hydrogen-bond acceptors (Lipinski definition) is 4. The number of rotatable bonds is 5. The zero-order chi connectivity index (χ0) is 13.0. The third-order valence-electron chi connectivity index (χ3n) is 2.68. The smallest absolute Gasteiger partial charge is 0.128 e. The maximum absolute atomic E-state index is 6.09. The second-order valence-corrected chi connectivity index (χ2v) is 4.56. The van der Waals surface area contributed by atoms with Crippen LogP contribution in [0.5, 0.6) is 0 Å². The topological polar surface area (TPSA) is 41.3 Å². The van der Waals surface area contributed by atoms with Crippen LogP contribution < -0.4 is 10.2 Å². The van der Waals surface area contributed by atoms with Gasteiger partial charge in [0.25, 0.3) is 0 Å². The second kappa shape index (κ2) is 5.89. The lowest BCUT2D eigenvalue weighted by atomic mass is 10.2. The van der Waals surface area contributed by atoms with Crippen LogP contribution in [0.25, 0.3) is 0 Å².